The summed E-state index contributed by atoms with van der Waals surface area (Å²) in [4.78, 5) is 11.2. The van der Waals surface area contributed by atoms with Crippen molar-refractivity contribution in [3.8, 4) is 0 Å². The average Bonchev–Trinajstić information content (AvgIpc) is 2.48. The smallest absolute Gasteiger partial charge is 0.303 e. The number of carbonyl (C=O) groups is 1. The second-order valence-electron chi connectivity index (χ2n) is 2.71. The SMILES string of the molecule is CS(=O)(=O)O.O.O.O=C(O)CCc1cccs1. The van der Waals surface area contributed by atoms with Crippen molar-refractivity contribution in [3.63, 3.8) is 0 Å². The van der Waals surface area contributed by atoms with Crippen LogP contribution in [0, 0.1) is 0 Å². The molecule has 9 heteroatoms. The Bertz CT molecular complexity index is 374. The molecule has 0 fully saturated rings. The van der Waals surface area contributed by atoms with E-state index in [0.29, 0.717) is 12.7 Å². The van der Waals surface area contributed by atoms with Crippen LogP contribution in [-0.2, 0) is 21.3 Å². The van der Waals surface area contributed by atoms with Gasteiger partial charge in [-0.05, 0) is 17.9 Å². The van der Waals surface area contributed by atoms with Crippen LogP contribution in [0.25, 0.3) is 0 Å². The first-order valence-corrected chi connectivity index (χ1v) is 6.68. The maximum atomic E-state index is 10.1. The molecule has 102 valence electrons. The van der Waals surface area contributed by atoms with Crippen LogP contribution in [0.15, 0.2) is 17.5 Å². The van der Waals surface area contributed by atoms with Gasteiger partial charge in [0.2, 0.25) is 0 Å². The molecule has 0 radical (unpaired) electrons. The van der Waals surface area contributed by atoms with E-state index in [9.17, 15) is 13.2 Å². The molecule has 0 amide bonds. The normalized spacial score (nSPS) is 9.06. The van der Waals surface area contributed by atoms with Gasteiger partial charge in [0.15, 0.2) is 0 Å². The fourth-order valence-corrected chi connectivity index (χ4v) is 1.39. The minimum Gasteiger partial charge on any atom is -0.481 e. The molecule has 0 unspecified atom stereocenters. The summed E-state index contributed by atoms with van der Waals surface area (Å²) in [6.07, 6.45) is 1.61. The van der Waals surface area contributed by atoms with Crippen LogP contribution in [0.1, 0.15) is 11.3 Å². The van der Waals surface area contributed by atoms with Crippen LogP contribution in [0.5, 0.6) is 0 Å². The number of rotatable bonds is 3. The van der Waals surface area contributed by atoms with E-state index in [2.05, 4.69) is 0 Å². The van der Waals surface area contributed by atoms with Gasteiger partial charge < -0.3 is 16.1 Å². The summed E-state index contributed by atoms with van der Waals surface area (Å²) in [5.41, 5.74) is 0. The highest BCUT2D eigenvalue weighted by molar-refractivity contribution is 7.85. The third-order valence-electron chi connectivity index (χ3n) is 1.17. The van der Waals surface area contributed by atoms with Gasteiger partial charge in [-0.25, -0.2) is 0 Å². The van der Waals surface area contributed by atoms with Gasteiger partial charge in [-0.1, -0.05) is 6.07 Å². The Balaban J connectivity index is -0.000000247. The van der Waals surface area contributed by atoms with Crippen molar-refractivity contribution in [1.29, 1.82) is 0 Å². The molecule has 0 bridgehead atoms. The zero-order valence-corrected chi connectivity index (χ0v) is 10.7. The lowest BCUT2D eigenvalue weighted by atomic mass is 10.3. The van der Waals surface area contributed by atoms with Crippen molar-refractivity contribution >= 4 is 27.4 Å². The molecule has 1 aromatic heterocycles. The van der Waals surface area contributed by atoms with E-state index >= 15 is 0 Å². The van der Waals surface area contributed by atoms with Gasteiger partial charge in [-0.2, -0.15) is 8.42 Å². The molecule has 0 aromatic carbocycles. The number of carboxylic acid groups (broad SMARTS) is 1. The first-order valence-electron chi connectivity index (χ1n) is 3.95. The zero-order valence-electron chi connectivity index (χ0n) is 9.08. The summed E-state index contributed by atoms with van der Waals surface area (Å²) in [5, 5.41) is 10.3. The van der Waals surface area contributed by atoms with Crippen molar-refractivity contribution in [1.82, 2.24) is 0 Å². The molecule has 17 heavy (non-hydrogen) atoms. The molecular formula is C8H16O7S2. The monoisotopic (exact) mass is 288 g/mol. The van der Waals surface area contributed by atoms with Gasteiger partial charge in [0.05, 0.1) is 12.7 Å². The van der Waals surface area contributed by atoms with Crippen molar-refractivity contribution < 1.29 is 33.8 Å². The van der Waals surface area contributed by atoms with Crippen LogP contribution in [-0.4, -0.2) is 41.3 Å². The van der Waals surface area contributed by atoms with Gasteiger partial charge in [0.1, 0.15) is 0 Å². The summed E-state index contributed by atoms with van der Waals surface area (Å²) in [5.74, 6) is -0.728. The van der Waals surface area contributed by atoms with Crippen LogP contribution < -0.4 is 0 Å². The van der Waals surface area contributed by atoms with Gasteiger partial charge in [0.25, 0.3) is 10.1 Å². The lowest BCUT2D eigenvalue weighted by Gasteiger charge is -1.89. The summed E-state index contributed by atoms with van der Waals surface area (Å²) in [6, 6.07) is 3.88. The molecule has 7 nitrogen and oxygen atoms in total. The van der Waals surface area contributed by atoms with E-state index in [1.807, 2.05) is 17.5 Å². The van der Waals surface area contributed by atoms with E-state index < -0.39 is 16.1 Å². The van der Waals surface area contributed by atoms with E-state index in [4.69, 9.17) is 9.66 Å². The number of aryl methyl sites for hydroxylation is 1. The zero-order chi connectivity index (χ0) is 11.9. The molecule has 0 aliphatic carbocycles. The topological polar surface area (TPSA) is 155 Å². The quantitative estimate of drug-likeness (QED) is 0.725. The lowest BCUT2D eigenvalue weighted by Crippen LogP contribution is -1.95. The maximum Gasteiger partial charge on any atom is 0.303 e. The lowest BCUT2D eigenvalue weighted by molar-refractivity contribution is -0.136. The highest BCUT2D eigenvalue weighted by Gasteiger charge is 1.98. The van der Waals surface area contributed by atoms with Gasteiger partial charge in [-0.15, -0.1) is 11.3 Å². The number of carboxylic acids is 1. The first-order chi connectivity index (χ1) is 6.79. The Morgan fingerprint density at radius 1 is 1.41 bits per heavy atom. The largest absolute Gasteiger partial charge is 0.481 e. The number of aliphatic carboxylic acids is 1. The van der Waals surface area contributed by atoms with Crippen LogP contribution in [0.3, 0.4) is 0 Å². The Labute approximate surface area is 103 Å². The van der Waals surface area contributed by atoms with Gasteiger partial charge in [0, 0.05) is 4.88 Å². The summed E-state index contributed by atoms with van der Waals surface area (Å²) < 4.78 is 25.9. The molecule has 0 saturated carbocycles. The molecule has 6 N–H and O–H groups in total. The first kappa shape index (κ1) is 21.3. The molecular weight excluding hydrogens is 272 g/mol. The predicted octanol–water partition coefficient (Wildman–Crippen LogP) is -0.380. The molecule has 1 aromatic rings. The molecule has 1 heterocycles. The van der Waals surface area contributed by atoms with E-state index in [0.717, 1.165) is 4.88 Å². The van der Waals surface area contributed by atoms with Gasteiger partial charge in [-0.3, -0.25) is 9.35 Å². The predicted molar refractivity (Wildman–Crippen MR) is 65.0 cm³/mol. The molecule has 0 atom stereocenters. The van der Waals surface area contributed by atoms with Crippen molar-refractivity contribution in [2.24, 2.45) is 0 Å². The minimum atomic E-state index is -3.67. The van der Waals surface area contributed by atoms with E-state index in [1.165, 1.54) is 0 Å². The molecule has 0 spiro atoms. The van der Waals surface area contributed by atoms with E-state index in [-0.39, 0.29) is 17.4 Å². The second-order valence-corrected chi connectivity index (χ2v) is 5.20. The van der Waals surface area contributed by atoms with Crippen LogP contribution >= 0.6 is 11.3 Å². The molecule has 0 saturated heterocycles. The molecule has 1 rings (SSSR count). The molecule has 0 aliphatic rings. The third-order valence-corrected chi connectivity index (χ3v) is 2.10. The second kappa shape index (κ2) is 10.2. The number of hydrogen-bond donors (Lipinski definition) is 2. The fraction of sp³-hybridized carbons (Fsp3) is 0.375. The van der Waals surface area contributed by atoms with Crippen LogP contribution in [0.2, 0.25) is 0 Å². The fourth-order valence-electron chi connectivity index (χ4n) is 0.685. The van der Waals surface area contributed by atoms with Gasteiger partial charge >= 0.3 is 5.97 Å². The number of thiophene rings is 1. The Morgan fingerprint density at radius 3 is 2.18 bits per heavy atom. The third kappa shape index (κ3) is 21.0. The van der Waals surface area contributed by atoms with Crippen molar-refractivity contribution in [2.45, 2.75) is 12.8 Å². The highest BCUT2D eigenvalue weighted by Crippen LogP contribution is 2.10. The Hall–Kier alpha value is -1.00. The summed E-state index contributed by atoms with van der Waals surface area (Å²) >= 11 is 1.60. The number of hydrogen-bond acceptors (Lipinski definition) is 4. The minimum absolute atomic E-state index is 0. The molecule has 0 aliphatic heterocycles. The average molecular weight is 288 g/mol. The van der Waals surface area contributed by atoms with E-state index in [1.54, 1.807) is 11.3 Å². The Morgan fingerprint density at radius 2 is 1.88 bits per heavy atom. The maximum absolute atomic E-state index is 10.1. The summed E-state index contributed by atoms with van der Waals surface area (Å²) in [6.45, 7) is 0. The van der Waals surface area contributed by atoms with Crippen molar-refractivity contribution in [3.05, 3.63) is 22.4 Å². The highest BCUT2D eigenvalue weighted by atomic mass is 32.2. The summed E-state index contributed by atoms with van der Waals surface area (Å²) in [7, 11) is -3.67. The Kier molecular flexibility index (Phi) is 12.7. The van der Waals surface area contributed by atoms with Crippen molar-refractivity contribution in [2.75, 3.05) is 6.26 Å². The van der Waals surface area contributed by atoms with Crippen LogP contribution in [0.4, 0.5) is 0 Å². The standard InChI is InChI=1S/C7H8O2S.CH4O3S.2H2O/c8-7(9)4-3-6-2-1-5-10-6;1-5(2,3)4;;/h1-2,5H,3-4H2,(H,8,9);1H3,(H,2,3,4);2*1H2.